The number of rotatable bonds is 2. The van der Waals surface area contributed by atoms with Gasteiger partial charge in [-0.05, 0) is 48.8 Å². The van der Waals surface area contributed by atoms with Gasteiger partial charge in [0.25, 0.3) is 0 Å². The Morgan fingerprint density at radius 2 is 2.00 bits per heavy atom. The summed E-state index contributed by atoms with van der Waals surface area (Å²) in [5, 5.41) is 8.54. The average Bonchev–Trinajstić information content (AvgIpc) is 3.16. The van der Waals surface area contributed by atoms with Crippen LogP contribution in [0.15, 0.2) is 18.2 Å². The summed E-state index contributed by atoms with van der Waals surface area (Å²) in [4.78, 5) is 0. The molecule has 3 nitrogen and oxygen atoms in total. The van der Waals surface area contributed by atoms with E-state index < -0.39 is 0 Å². The Hall–Kier alpha value is -1.19. The minimum atomic E-state index is 0.547. The highest BCUT2D eigenvalue weighted by Crippen LogP contribution is 2.54. The van der Waals surface area contributed by atoms with E-state index in [-0.39, 0.29) is 0 Å². The second-order valence-electron chi connectivity index (χ2n) is 6.31. The van der Waals surface area contributed by atoms with Gasteiger partial charge in [0.1, 0.15) is 0 Å². The van der Waals surface area contributed by atoms with Crippen LogP contribution in [-0.4, -0.2) is 10.2 Å². The van der Waals surface area contributed by atoms with E-state index >= 15 is 0 Å². The standard InChI is InChI=1S/C16H17Cl2N3/c17-12-4-3-10(7-13(12)18)14-15(20-21-16(14)19)11-6-8-1-2-9(11)5-8/h3-4,7-9,11H,1-2,5-6H2,(H3,19,20,21). The number of H-pyrrole nitrogens is 1. The number of hydrogen-bond acceptors (Lipinski definition) is 2. The molecule has 21 heavy (non-hydrogen) atoms. The van der Waals surface area contributed by atoms with Crippen molar-refractivity contribution in [3.05, 3.63) is 33.9 Å². The molecule has 0 saturated heterocycles. The fourth-order valence-electron chi connectivity index (χ4n) is 4.19. The highest BCUT2D eigenvalue weighted by atomic mass is 35.5. The maximum atomic E-state index is 6.15. The van der Waals surface area contributed by atoms with Gasteiger partial charge in [-0.15, -0.1) is 0 Å². The molecule has 1 aromatic carbocycles. The molecule has 2 aliphatic carbocycles. The van der Waals surface area contributed by atoms with Crippen molar-refractivity contribution >= 4 is 29.0 Å². The third-order valence-electron chi connectivity index (χ3n) is 5.14. The van der Waals surface area contributed by atoms with Gasteiger partial charge in [-0.3, -0.25) is 5.10 Å². The SMILES string of the molecule is Nc1n[nH]c(C2CC3CCC2C3)c1-c1ccc(Cl)c(Cl)c1. The quantitative estimate of drug-likeness (QED) is 0.829. The minimum Gasteiger partial charge on any atom is -0.382 e. The number of hydrogen-bond donors (Lipinski definition) is 2. The molecule has 3 unspecified atom stereocenters. The van der Waals surface area contributed by atoms with Crippen LogP contribution in [0.2, 0.25) is 10.0 Å². The molecular weight excluding hydrogens is 305 g/mol. The fourth-order valence-corrected chi connectivity index (χ4v) is 4.49. The predicted molar refractivity (Wildman–Crippen MR) is 86.6 cm³/mol. The van der Waals surface area contributed by atoms with Gasteiger partial charge in [-0.2, -0.15) is 5.10 Å². The van der Waals surface area contributed by atoms with Gasteiger partial charge in [-0.25, -0.2) is 0 Å². The smallest absolute Gasteiger partial charge is 0.153 e. The molecule has 2 fully saturated rings. The summed E-state index contributed by atoms with van der Waals surface area (Å²) in [6, 6.07) is 5.66. The summed E-state index contributed by atoms with van der Waals surface area (Å²) < 4.78 is 0. The van der Waals surface area contributed by atoms with Crippen LogP contribution in [0, 0.1) is 11.8 Å². The summed E-state index contributed by atoms with van der Waals surface area (Å²) in [5.41, 5.74) is 9.29. The lowest BCUT2D eigenvalue weighted by molar-refractivity contribution is 0.413. The van der Waals surface area contributed by atoms with E-state index in [1.807, 2.05) is 18.2 Å². The van der Waals surface area contributed by atoms with E-state index in [0.717, 1.165) is 23.0 Å². The number of aromatic amines is 1. The van der Waals surface area contributed by atoms with E-state index in [1.54, 1.807) is 0 Å². The molecule has 110 valence electrons. The molecule has 3 atom stereocenters. The molecule has 2 bridgehead atoms. The van der Waals surface area contributed by atoms with Crippen molar-refractivity contribution in [3.8, 4) is 11.1 Å². The van der Waals surface area contributed by atoms with Gasteiger partial charge in [0.2, 0.25) is 0 Å². The summed E-state index contributed by atoms with van der Waals surface area (Å²) in [6.45, 7) is 0. The van der Waals surface area contributed by atoms with Crippen LogP contribution in [0.3, 0.4) is 0 Å². The molecule has 0 spiro atoms. The number of nitrogens with zero attached hydrogens (tertiary/aromatic N) is 1. The van der Waals surface area contributed by atoms with Crippen LogP contribution in [0.4, 0.5) is 5.82 Å². The third-order valence-corrected chi connectivity index (χ3v) is 5.88. The molecule has 5 heteroatoms. The minimum absolute atomic E-state index is 0.547. The topological polar surface area (TPSA) is 54.7 Å². The summed E-state index contributed by atoms with van der Waals surface area (Å²) in [6.07, 6.45) is 5.31. The monoisotopic (exact) mass is 321 g/mol. The fraction of sp³-hybridized carbons (Fsp3) is 0.438. The van der Waals surface area contributed by atoms with Crippen molar-refractivity contribution in [3.63, 3.8) is 0 Å². The van der Waals surface area contributed by atoms with Gasteiger partial charge < -0.3 is 5.73 Å². The van der Waals surface area contributed by atoms with E-state index in [9.17, 15) is 0 Å². The van der Waals surface area contributed by atoms with Crippen LogP contribution >= 0.6 is 23.2 Å². The van der Waals surface area contributed by atoms with Crippen LogP contribution < -0.4 is 5.73 Å². The van der Waals surface area contributed by atoms with Crippen molar-refractivity contribution in [2.75, 3.05) is 5.73 Å². The first-order valence-corrected chi connectivity index (χ1v) is 8.18. The molecule has 0 aliphatic heterocycles. The summed E-state index contributed by atoms with van der Waals surface area (Å²) in [5.74, 6) is 2.76. The maximum absolute atomic E-state index is 6.15. The van der Waals surface area contributed by atoms with Gasteiger partial charge in [-0.1, -0.05) is 35.7 Å². The molecule has 3 N–H and O–H groups in total. The van der Waals surface area contributed by atoms with Gasteiger partial charge >= 0.3 is 0 Å². The molecule has 2 saturated carbocycles. The Morgan fingerprint density at radius 3 is 2.67 bits per heavy atom. The molecule has 2 aromatic rings. The summed E-state index contributed by atoms with van der Waals surface area (Å²) >= 11 is 12.2. The van der Waals surface area contributed by atoms with Crippen LogP contribution in [0.5, 0.6) is 0 Å². The molecule has 4 rings (SSSR count). The Balaban J connectivity index is 1.78. The number of aromatic nitrogens is 2. The lowest BCUT2D eigenvalue weighted by Crippen LogP contribution is -2.10. The number of halogens is 2. The third kappa shape index (κ3) is 2.14. The highest BCUT2D eigenvalue weighted by molar-refractivity contribution is 6.42. The van der Waals surface area contributed by atoms with Crippen molar-refractivity contribution in [1.29, 1.82) is 0 Å². The number of anilines is 1. The van der Waals surface area contributed by atoms with E-state index in [0.29, 0.717) is 21.8 Å². The zero-order valence-electron chi connectivity index (χ0n) is 11.6. The highest BCUT2D eigenvalue weighted by Gasteiger charge is 2.42. The summed E-state index contributed by atoms with van der Waals surface area (Å²) in [7, 11) is 0. The Bertz CT molecular complexity index is 695. The molecule has 0 amide bonds. The second kappa shape index (κ2) is 4.92. The Labute approximate surface area is 133 Å². The van der Waals surface area contributed by atoms with E-state index in [2.05, 4.69) is 10.2 Å². The van der Waals surface area contributed by atoms with Gasteiger partial charge in [0.15, 0.2) is 5.82 Å². The number of fused-ring (bicyclic) bond motifs is 2. The Morgan fingerprint density at radius 1 is 1.14 bits per heavy atom. The number of nitrogens with two attached hydrogens (primary N) is 1. The van der Waals surface area contributed by atoms with Crippen molar-refractivity contribution < 1.29 is 0 Å². The number of benzene rings is 1. The van der Waals surface area contributed by atoms with Crippen LogP contribution in [0.25, 0.3) is 11.1 Å². The average molecular weight is 322 g/mol. The predicted octanol–water partition coefficient (Wildman–Crippen LogP) is 4.87. The van der Waals surface area contributed by atoms with E-state index in [4.69, 9.17) is 28.9 Å². The molecule has 2 aliphatic rings. The van der Waals surface area contributed by atoms with Crippen molar-refractivity contribution in [2.24, 2.45) is 11.8 Å². The normalized spacial score (nSPS) is 27.4. The molecule has 1 aromatic heterocycles. The van der Waals surface area contributed by atoms with Gasteiger partial charge in [0.05, 0.1) is 10.0 Å². The first kappa shape index (κ1) is 13.5. The van der Waals surface area contributed by atoms with Crippen LogP contribution in [0.1, 0.15) is 37.3 Å². The van der Waals surface area contributed by atoms with Crippen molar-refractivity contribution in [2.45, 2.75) is 31.6 Å². The zero-order valence-corrected chi connectivity index (χ0v) is 13.1. The number of nitrogen functional groups attached to an aromatic ring is 1. The maximum Gasteiger partial charge on any atom is 0.153 e. The molecule has 1 heterocycles. The first-order chi connectivity index (χ1) is 10.1. The lowest BCUT2D eigenvalue weighted by atomic mass is 9.84. The molecular formula is C16H17Cl2N3. The first-order valence-electron chi connectivity index (χ1n) is 7.42. The van der Waals surface area contributed by atoms with Gasteiger partial charge in [0, 0.05) is 17.2 Å². The van der Waals surface area contributed by atoms with E-state index in [1.165, 1.54) is 31.4 Å². The van der Waals surface area contributed by atoms with Crippen molar-refractivity contribution in [1.82, 2.24) is 10.2 Å². The van der Waals surface area contributed by atoms with Crippen LogP contribution in [-0.2, 0) is 0 Å². The Kier molecular flexibility index (Phi) is 3.16. The largest absolute Gasteiger partial charge is 0.382 e. The second-order valence-corrected chi connectivity index (χ2v) is 7.12. The number of nitrogens with one attached hydrogen (secondary N) is 1. The molecule has 0 radical (unpaired) electrons. The zero-order chi connectivity index (χ0) is 14.6. The lowest BCUT2D eigenvalue weighted by Gasteiger charge is -2.21.